The van der Waals surface area contributed by atoms with E-state index in [-0.39, 0.29) is 29.0 Å². The normalized spacial score (nSPS) is 25.7. The fraction of sp³-hybridized carbons (Fsp3) is 0.400. The number of nitrogens with one attached hydrogen (secondary N) is 2. The van der Waals surface area contributed by atoms with Gasteiger partial charge in [-0.15, -0.1) is 0 Å². The summed E-state index contributed by atoms with van der Waals surface area (Å²) in [7, 11) is 0. The molecule has 3 heterocycles. The third kappa shape index (κ3) is 3.43. The molecule has 2 aliphatic heterocycles. The van der Waals surface area contributed by atoms with E-state index < -0.39 is 0 Å². The SMILES string of the molecule is Cc1cc(=O)c(C(=O)N[C@@H]2C[C@H]3CO[C@@H](c4ccccc4)CN3C2)c[nH]1. The molecule has 0 saturated carbocycles. The zero-order chi connectivity index (χ0) is 18.1. The highest BCUT2D eigenvalue weighted by molar-refractivity contribution is 5.94. The predicted octanol–water partition coefficient (Wildman–Crippen LogP) is 1.63. The summed E-state index contributed by atoms with van der Waals surface area (Å²) < 4.78 is 6.04. The number of ether oxygens (including phenoxy) is 1. The number of hydrogen-bond donors (Lipinski definition) is 2. The summed E-state index contributed by atoms with van der Waals surface area (Å²) in [6.45, 7) is 4.07. The van der Waals surface area contributed by atoms with Crippen molar-refractivity contribution in [1.29, 1.82) is 0 Å². The molecule has 136 valence electrons. The number of aromatic nitrogens is 1. The van der Waals surface area contributed by atoms with Crippen molar-refractivity contribution < 1.29 is 9.53 Å². The first-order valence-electron chi connectivity index (χ1n) is 9.01. The van der Waals surface area contributed by atoms with Crippen molar-refractivity contribution in [3.8, 4) is 0 Å². The second kappa shape index (κ2) is 7.05. The van der Waals surface area contributed by atoms with Crippen LogP contribution in [0.3, 0.4) is 0 Å². The number of aromatic amines is 1. The van der Waals surface area contributed by atoms with Gasteiger partial charge in [0, 0.05) is 43.1 Å². The van der Waals surface area contributed by atoms with Gasteiger partial charge in [0.2, 0.25) is 0 Å². The first kappa shape index (κ1) is 17.0. The van der Waals surface area contributed by atoms with Crippen LogP contribution >= 0.6 is 0 Å². The van der Waals surface area contributed by atoms with Gasteiger partial charge in [-0.3, -0.25) is 14.5 Å². The Balaban J connectivity index is 1.39. The number of H-pyrrole nitrogens is 1. The summed E-state index contributed by atoms with van der Waals surface area (Å²) in [4.78, 5) is 29.7. The molecule has 2 saturated heterocycles. The van der Waals surface area contributed by atoms with Crippen LogP contribution in [0.25, 0.3) is 0 Å². The Morgan fingerprint density at radius 1 is 1.27 bits per heavy atom. The third-order valence-electron chi connectivity index (χ3n) is 5.23. The largest absolute Gasteiger partial charge is 0.371 e. The lowest BCUT2D eigenvalue weighted by atomic mass is 10.1. The molecule has 2 fully saturated rings. The lowest BCUT2D eigenvalue weighted by Crippen LogP contribution is -2.43. The van der Waals surface area contributed by atoms with Gasteiger partial charge in [-0.25, -0.2) is 0 Å². The van der Waals surface area contributed by atoms with Crippen LogP contribution in [-0.2, 0) is 4.74 Å². The average molecular weight is 353 g/mol. The quantitative estimate of drug-likeness (QED) is 0.880. The number of benzene rings is 1. The van der Waals surface area contributed by atoms with Gasteiger partial charge in [-0.2, -0.15) is 0 Å². The number of nitrogens with zero attached hydrogens (tertiary/aromatic N) is 1. The molecule has 1 aromatic heterocycles. The molecule has 0 aliphatic carbocycles. The highest BCUT2D eigenvalue weighted by Crippen LogP contribution is 2.30. The van der Waals surface area contributed by atoms with E-state index in [4.69, 9.17) is 4.74 Å². The molecule has 4 rings (SSSR count). The van der Waals surface area contributed by atoms with E-state index in [0.717, 1.165) is 25.2 Å². The summed E-state index contributed by atoms with van der Waals surface area (Å²) in [5.74, 6) is -0.309. The molecule has 0 spiro atoms. The molecule has 26 heavy (non-hydrogen) atoms. The minimum Gasteiger partial charge on any atom is -0.371 e. The molecule has 3 atom stereocenters. The molecule has 2 N–H and O–H groups in total. The Bertz CT molecular complexity index is 849. The van der Waals surface area contributed by atoms with Gasteiger partial charge in [0.15, 0.2) is 5.43 Å². The summed E-state index contributed by atoms with van der Waals surface area (Å²) in [5.41, 5.74) is 1.85. The van der Waals surface area contributed by atoms with Gasteiger partial charge in [-0.05, 0) is 18.9 Å². The van der Waals surface area contributed by atoms with Crippen molar-refractivity contribution in [3.63, 3.8) is 0 Å². The van der Waals surface area contributed by atoms with Crippen molar-refractivity contribution >= 4 is 5.91 Å². The Kier molecular flexibility index (Phi) is 4.61. The van der Waals surface area contributed by atoms with Crippen LogP contribution in [0.1, 0.15) is 34.1 Å². The molecular weight excluding hydrogens is 330 g/mol. The molecule has 6 nitrogen and oxygen atoms in total. The van der Waals surface area contributed by atoms with Gasteiger partial charge in [0.05, 0.1) is 12.7 Å². The highest BCUT2D eigenvalue weighted by Gasteiger charge is 2.38. The maximum absolute atomic E-state index is 12.4. The molecule has 0 radical (unpaired) electrons. The Morgan fingerprint density at radius 2 is 2.08 bits per heavy atom. The standard InChI is InChI=1S/C20H23N3O3/c1-13-7-18(24)17(9-21-13)20(25)22-15-8-16-12-26-19(11-23(16)10-15)14-5-3-2-4-6-14/h2-7,9,15-16,19H,8,10-12H2,1H3,(H,21,24)(H,22,25)/t15-,16+,19-/m1/s1. The minimum atomic E-state index is -0.309. The number of carbonyl (C=O) groups is 1. The van der Waals surface area contributed by atoms with Crippen LogP contribution < -0.4 is 10.7 Å². The zero-order valence-electron chi connectivity index (χ0n) is 14.8. The molecule has 1 amide bonds. The van der Waals surface area contributed by atoms with E-state index in [1.165, 1.54) is 17.8 Å². The first-order valence-corrected chi connectivity index (χ1v) is 9.01. The number of hydrogen-bond acceptors (Lipinski definition) is 4. The van der Waals surface area contributed by atoms with Crippen LogP contribution in [0.4, 0.5) is 0 Å². The zero-order valence-corrected chi connectivity index (χ0v) is 14.8. The molecule has 1 aromatic carbocycles. The number of fused-ring (bicyclic) bond motifs is 1. The highest BCUT2D eigenvalue weighted by atomic mass is 16.5. The summed E-state index contributed by atoms with van der Waals surface area (Å²) >= 11 is 0. The van der Waals surface area contributed by atoms with Crippen LogP contribution in [0, 0.1) is 6.92 Å². The number of aryl methyl sites for hydroxylation is 1. The number of carbonyl (C=O) groups excluding carboxylic acids is 1. The van der Waals surface area contributed by atoms with Crippen molar-refractivity contribution in [2.24, 2.45) is 0 Å². The van der Waals surface area contributed by atoms with E-state index in [2.05, 4.69) is 27.3 Å². The van der Waals surface area contributed by atoms with E-state index in [1.54, 1.807) is 6.92 Å². The fourth-order valence-corrected chi connectivity index (χ4v) is 3.86. The monoisotopic (exact) mass is 353 g/mol. The summed E-state index contributed by atoms with van der Waals surface area (Å²) in [5, 5.41) is 3.01. The Morgan fingerprint density at radius 3 is 2.85 bits per heavy atom. The van der Waals surface area contributed by atoms with E-state index in [1.807, 2.05) is 18.2 Å². The summed E-state index contributed by atoms with van der Waals surface area (Å²) in [6.07, 6.45) is 2.41. The maximum Gasteiger partial charge on any atom is 0.257 e. The van der Waals surface area contributed by atoms with Crippen molar-refractivity contribution in [1.82, 2.24) is 15.2 Å². The van der Waals surface area contributed by atoms with Gasteiger partial charge >= 0.3 is 0 Å². The third-order valence-corrected chi connectivity index (χ3v) is 5.23. The van der Waals surface area contributed by atoms with Gasteiger partial charge < -0.3 is 15.0 Å². The van der Waals surface area contributed by atoms with Crippen LogP contribution in [-0.4, -0.2) is 47.6 Å². The minimum absolute atomic E-state index is 0.0336. The topological polar surface area (TPSA) is 74.4 Å². The molecule has 0 unspecified atom stereocenters. The van der Waals surface area contributed by atoms with E-state index >= 15 is 0 Å². The van der Waals surface area contributed by atoms with Crippen molar-refractivity contribution in [3.05, 3.63) is 69.6 Å². The van der Waals surface area contributed by atoms with Crippen LogP contribution in [0.2, 0.25) is 0 Å². The van der Waals surface area contributed by atoms with Crippen LogP contribution in [0.15, 0.2) is 47.4 Å². The van der Waals surface area contributed by atoms with E-state index in [0.29, 0.717) is 12.6 Å². The Labute approximate surface area is 152 Å². The number of amides is 1. The fourth-order valence-electron chi connectivity index (χ4n) is 3.86. The van der Waals surface area contributed by atoms with Gasteiger partial charge in [-0.1, -0.05) is 30.3 Å². The second-order valence-corrected chi connectivity index (χ2v) is 7.14. The average Bonchev–Trinajstić information content (AvgIpc) is 3.03. The smallest absolute Gasteiger partial charge is 0.257 e. The molecule has 0 bridgehead atoms. The van der Waals surface area contributed by atoms with Gasteiger partial charge in [0.1, 0.15) is 5.56 Å². The second-order valence-electron chi connectivity index (χ2n) is 7.14. The number of pyridine rings is 1. The Hall–Kier alpha value is -2.44. The lowest BCUT2D eigenvalue weighted by molar-refractivity contribution is -0.0502. The number of morpholine rings is 1. The van der Waals surface area contributed by atoms with Crippen molar-refractivity contribution in [2.45, 2.75) is 31.5 Å². The van der Waals surface area contributed by atoms with Crippen LogP contribution in [0.5, 0.6) is 0 Å². The number of rotatable bonds is 3. The summed E-state index contributed by atoms with van der Waals surface area (Å²) in [6, 6.07) is 12.0. The lowest BCUT2D eigenvalue weighted by Gasteiger charge is -2.35. The molecule has 2 aliphatic rings. The van der Waals surface area contributed by atoms with Crippen molar-refractivity contribution in [2.75, 3.05) is 19.7 Å². The maximum atomic E-state index is 12.4. The predicted molar refractivity (Wildman–Crippen MR) is 98.2 cm³/mol. The first-order chi connectivity index (χ1) is 12.6. The molecule has 6 heteroatoms. The van der Waals surface area contributed by atoms with Gasteiger partial charge in [0.25, 0.3) is 5.91 Å². The molecule has 2 aromatic rings. The van der Waals surface area contributed by atoms with E-state index in [9.17, 15) is 9.59 Å². The molecular formula is C20H23N3O3.